The number of allylic oxidation sites excluding steroid dienone is 2. The lowest BCUT2D eigenvalue weighted by Crippen LogP contribution is -2.26. The van der Waals surface area contributed by atoms with E-state index in [-0.39, 0.29) is 0 Å². The van der Waals surface area contributed by atoms with Crippen molar-refractivity contribution in [1.29, 1.82) is 0 Å². The molecule has 1 fully saturated rings. The molecule has 3 atom stereocenters. The molecule has 0 N–H and O–H groups in total. The molecule has 2 aliphatic rings. The molecule has 0 saturated heterocycles. The molecule has 76 valence electrons. The van der Waals surface area contributed by atoms with Crippen molar-refractivity contribution in [3.8, 4) is 0 Å². The van der Waals surface area contributed by atoms with Gasteiger partial charge >= 0.3 is 0 Å². The van der Waals surface area contributed by atoms with E-state index < -0.39 is 0 Å². The van der Waals surface area contributed by atoms with Crippen LogP contribution in [0.15, 0.2) is 12.2 Å². The van der Waals surface area contributed by atoms with Crippen LogP contribution in [0.2, 0.25) is 0 Å². The Morgan fingerprint density at radius 1 is 1.08 bits per heavy atom. The second-order valence-electron chi connectivity index (χ2n) is 4.23. The molecule has 3 unspecified atom stereocenters. The summed E-state index contributed by atoms with van der Waals surface area (Å²) in [6.45, 7) is 6.39. The molecule has 0 heterocycles. The third kappa shape index (κ3) is 2.59. The van der Waals surface area contributed by atoms with Crippen molar-refractivity contribution in [3.05, 3.63) is 12.2 Å². The first kappa shape index (κ1) is 10.8. The van der Waals surface area contributed by atoms with Crippen molar-refractivity contribution in [2.45, 2.75) is 52.9 Å². The summed E-state index contributed by atoms with van der Waals surface area (Å²) >= 11 is 0. The average Bonchev–Trinajstić information content (AvgIpc) is 2.22. The van der Waals surface area contributed by atoms with E-state index in [4.69, 9.17) is 0 Å². The van der Waals surface area contributed by atoms with E-state index in [0.29, 0.717) is 0 Å². The number of hydrogen-bond acceptors (Lipinski definition) is 0. The normalized spacial score (nSPS) is 37.3. The van der Waals surface area contributed by atoms with Gasteiger partial charge in [0.25, 0.3) is 0 Å². The molecule has 2 rings (SSSR count). The Kier molecular flexibility index (Phi) is 4.55. The zero-order valence-electron chi connectivity index (χ0n) is 9.42. The molecule has 13 heavy (non-hydrogen) atoms. The lowest BCUT2D eigenvalue weighted by atomic mass is 9.69. The molecule has 0 nitrogen and oxygen atoms in total. The minimum Gasteiger partial charge on any atom is -0.0880 e. The van der Waals surface area contributed by atoms with Crippen LogP contribution < -0.4 is 0 Å². The first-order valence-electron chi connectivity index (χ1n) is 6.04. The maximum absolute atomic E-state index is 2.42. The van der Waals surface area contributed by atoms with Crippen LogP contribution in [0.1, 0.15) is 52.9 Å². The molecular formula is C13H24. The highest BCUT2D eigenvalue weighted by Crippen LogP contribution is 2.40. The van der Waals surface area contributed by atoms with Gasteiger partial charge in [-0.15, -0.1) is 0 Å². The summed E-state index contributed by atoms with van der Waals surface area (Å²) in [6, 6.07) is 0. The number of rotatable bonds is 0. The summed E-state index contributed by atoms with van der Waals surface area (Å²) in [4.78, 5) is 0. The summed E-state index contributed by atoms with van der Waals surface area (Å²) < 4.78 is 0. The van der Waals surface area contributed by atoms with E-state index in [9.17, 15) is 0 Å². The molecule has 0 amide bonds. The number of fused-ring (bicyclic) bond motifs is 1. The van der Waals surface area contributed by atoms with Crippen molar-refractivity contribution < 1.29 is 0 Å². The molecule has 0 heteroatoms. The van der Waals surface area contributed by atoms with Gasteiger partial charge < -0.3 is 0 Å². The van der Waals surface area contributed by atoms with E-state index >= 15 is 0 Å². The fraction of sp³-hybridized carbons (Fsp3) is 0.846. The average molecular weight is 180 g/mol. The Balaban J connectivity index is 0.000000396. The summed E-state index contributed by atoms with van der Waals surface area (Å²) in [7, 11) is 0. The fourth-order valence-electron chi connectivity index (χ4n) is 2.83. The van der Waals surface area contributed by atoms with Crippen LogP contribution in [0.25, 0.3) is 0 Å². The van der Waals surface area contributed by atoms with E-state index in [0.717, 1.165) is 17.8 Å². The molecule has 2 aliphatic carbocycles. The SMILES string of the molecule is CC.CC1C=CCC2CCCCC12. The molecule has 0 aliphatic heterocycles. The van der Waals surface area contributed by atoms with Crippen LogP contribution in [0, 0.1) is 17.8 Å². The standard InChI is InChI=1S/C11H18.C2H6/c1-9-5-4-7-10-6-2-3-8-11(9)10;1-2/h4-5,9-11H,2-3,6-8H2,1H3;1-2H3. The second kappa shape index (κ2) is 5.47. The summed E-state index contributed by atoms with van der Waals surface area (Å²) in [5.41, 5.74) is 0. The van der Waals surface area contributed by atoms with Crippen LogP contribution in [-0.2, 0) is 0 Å². The highest BCUT2D eigenvalue weighted by atomic mass is 14.3. The summed E-state index contributed by atoms with van der Waals surface area (Å²) in [5.74, 6) is 2.95. The largest absolute Gasteiger partial charge is 0.0880 e. The van der Waals surface area contributed by atoms with E-state index in [1.54, 1.807) is 0 Å². The van der Waals surface area contributed by atoms with Crippen molar-refractivity contribution >= 4 is 0 Å². The lowest BCUT2D eigenvalue weighted by Gasteiger charge is -2.36. The first-order valence-corrected chi connectivity index (χ1v) is 6.04. The topological polar surface area (TPSA) is 0 Å². The summed E-state index contributed by atoms with van der Waals surface area (Å²) in [6.07, 6.45) is 12.2. The van der Waals surface area contributed by atoms with Gasteiger partial charge in [0.2, 0.25) is 0 Å². The van der Waals surface area contributed by atoms with Gasteiger partial charge in [-0.25, -0.2) is 0 Å². The first-order chi connectivity index (χ1) is 6.38. The maximum atomic E-state index is 2.42. The van der Waals surface area contributed by atoms with Gasteiger partial charge in [0.05, 0.1) is 0 Å². The van der Waals surface area contributed by atoms with Gasteiger partial charge in [0, 0.05) is 0 Å². The fourth-order valence-corrected chi connectivity index (χ4v) is 2.83. The van der Waals surface area contributed by atoms with Gasteiger partial charge in [0.15, 0.2) is 0 Å². The van der Waals surface area contributed by atoms with Crippen molar-refractivity contribution in [2.75, 3.05) is 0 Å². The van der Waals surface area contributed by atoms with Crippen LogP contribution in [-0.4, -0.2) is 0 Å². The summed E-state index contributed by atoms with van der Waals surface area (Å²) in [5, 5.41) is 0. The third-order valence-corrected chi connectivity index (χ3v) is 3.52. The van der Waals surface area contributed by atoms with Crippen molar-refractivity contribution in [1.82, 2.24) is 0 Å². The molecule has 0 aromatic rings. The maximum Gasteiger partial charge on any atom is -0.0231 e. The van der Waals surface area contributed by atoms with E-state index in [1.807, 2.05) is 13.8 Å². The third-order valence-electron chi connectivity index (χ3n) is 3.52. The molecule has 0 bridgehead atoms. The highest BCUT2D eigenvalue weighted by Gasteiger charge is 2.29. The van der Waals surface area contributed by atoms with Gasteiger partial charge in [-0.05, 0) is 37.0 Å². The Morgan fingerprint density at radius 2 is 1.77 bits per heavy atom. The van der Waals surface area contributed by atoms with E-state index in [1.165, 1.54) is 32.1 Å². The minimum atomic E-state index is 0.869. The molecule has 0 aromatic carbocycles. The second-order valence-corrected chi connectivity index (χ2v) is 4.23. The molecule has 1 saturated carbocycles. The highest BCUT2D eigenvalue weighted by molar-refractivity contribution is 4.99. The zero-order valence-corrected chi connectivity index (χ0v) is 9.42. The van der Waals surface area contributed by atoms with Crippen molar-refractivity contribution in [3.63, 3.8) is 0 Å². The Bertz CT molecular complexity index is 157. The molecule has 0 aromatic heterocycles. The van der Waals surface area contributed by atoms with Crippen LogP contribution in [0.5, 0.6) is 0 Å². The van der Waals surface area contributed by atoms with Crippen LogP contribution in [0.4, 0.5) is 0 Å². The van der Waals surface area contributed by atoms with Crippen LogP contribution >= 0.6 is 0 Å². The predicted molar refractivity (Wildman–Crippen MR) is 59.7 cm³/mol. The Labute approximate surface area is 83.4 Å². The van der Waals surface area contributed by atoms with Gasteiger partial charge in [0.1, 0.15) is 0 Å². The van der Waals surface area contributed by atoms with Crippen LogP contribution in [0.3, 0.4) is 0 Å². The van der Waals surface area contributed by atoms with Gasteiger partial charge in [-0.2, -0.15) is 0 Å². The molecule has 0 radical (unpaired) electrons. The van der Waals surface area contributed by atoms with Gasteiger partial charge in [-0.1, -0.05) is 45.8 Å². The lowest BCUT2D eigenvalue weighted by molar-refractivity contribution is 0.185. The zero-order chi connectivity index (χ0) is 9.68. The Hall–Kier alpha value is -0.260. The quantitative estimate of drug-likeness (QED) is 0.484. The molecular weight excluding hydrogens is 156 g/mol. The number of hydrogen-bond donors (Lipinski definition) is 0. The smallest absolute Gasteiger partial charge is 0.0231 e. The molecule has 0 spiro atoms. The predicted octanol–water partition coefficient (Wildman–Crippen LogP) is 4.42. The minimum absolute atomic E-state index is 0.869. The van der Waals surface area contributed by atoms with E-state index in [2.05, 4.69) is 19.1 Å². The Morgan fingerprint density at radius 3 is 2.46 bits per heavy atom. The van der Waals surface area contributed by atoms with Gasteiger partial charge in [-0.3, -0.25) is 0 Å². The van der Waals surface area contributed by atoms with Crippen molar-refractivity contribution in [2.24, 2.45) is 17.8 Å². The monoisotopic (exact) mass is 180 g/mol.